The molecular formula is C14H28O2. The quantitative estimate of drug-likeness (QED) is 0.610. The zero-order valence-corrected chi connectivity index (χ0v) is 11.7. The second-order valence-corrected chi connectivity index (χ2v) is 3.78. The Balaban J connectivity index is -0.0000000677. The van der Waals surface area contributed by atoms with E-state index in [9.17, 15) is 4.79 Å². The molecule has 0 bridgehead atoms. The zero-order chi connectivity index (χ0) is 14.2. The van der Waals surface area contributed by atoms with E-state index in [1.54, 1.807) is 39.0 Å². The maximum Gasteiger partial charge on any atom is 0.308 e. The van der Waals surface area contributed by atoms with E-state index >= 15 is 0 Å². The van der Waals surface area contributed by atoms with Crippen molar-refractivity contribution in [1.82, 2.24) is 0 Å². The Hall–Kier alpha value is -1.31. The molecule has 0 atom stereocenters. The molecule has 0 amide bonds. The molecule has 0 spiro atoms. The Bertz CT molecular complexity index is 159. The monoisotopic (exact) mass is 228 g/mol. The highest BCUT2D eigenvalue weighted by atomic mass is 16.4. The topological polar surface area (TPSA) is 37.3 Å². The summed E-state index contributed by atoms with van der Waals surface area (Å²) in [7, 11) is 0. The number of hydrogen-bond acceptors (Lipinski definition) is 1. The molecule has 0 radical (unpaired) electrons. The molecule has 0 aliphatic carbocycles. The maximum absolute atomic E-state index is 10.0. The highest BCUT2D eigenvalue weighted by Crippen LogP contribution is 2.11. The summed E-state index contributed by atoms with van der Waals surface area (Å²) in [6.45, 7) is 20.7. The lowest BCUT2D eigenvalue weighted by atomic mass is 9.98. The van der Waals surface area contributed by atoms with E-state index in [1.165, 1.54) is 0 Å². The van der Waals surface area contributed by atoms with Crippen LogP contribution in [0.1, 0.15) is 41.5 Å². The first kappa shape index (κ1) is 24.1. The number of allylic oxidation sites excluding steroid dienone is 3. The smallest absolute Gasteiger partial charge is 0.308 e. The van der Waals surface area contributed by atoms with Gasteiger partial charge >= 0.3 is 5.97 Å². The van der Waals surface area contributed by atoms with Gasteiger partial charge in [-0.2, -0.15) is 0 Å². The van der Waals surface area contributed by atoms with Crippen LogP contribution in [0.5, 0.6) is 0 Å². The standard InChI is InChI=1S/C5H10O2.3C3H6/c1-5(2,3)4(6)7;3*1-3-2/h1-3H3,(H,6,7);3*3H,1H2,2H3. The molecule has 0 saturated carbocycles. The molecule has 0 saturated heterocycles. The van der Waals surface area contributed by atoms with Crippen LogP contribution in [-0.4, -0.2) is 11.1 Å². The minimum Gasteiger partial charge on any atom is -0.481 e. The minimum atomic E-state index is -0.757. The summed E-state index contributed by atoms with van der Waals surface area (Å²) in [6, 6.07) is 0. The van der Waals surface area contributed by atoms with Gasteiger partial charge in [0.1, 0.15) is 0 Å². The fourth-order valence-corrected chi connectivity index (χ4v) is 0. The van der Waals surface area contributed by atoms with Gasteiger partial charge in [0.25, 0.3) is 0 Å². The Morgan fingerprint density at radius 1 is 0.938 bits per heavy atom. The molecule has 0 aliphatic rings. The summed E-state index contributed by atoms with van der Waals surface area (Å²) in [6.07, 6.45) is 5.25. The average molecular weight is 228 g/mol. The van der Waals surface area contributed by atoms with E-state index in [2.05, 4.69) is 19.7 Å². The highest BCUT2D eigenvalue weighted by Gasteiger charge is 2.18. The minimum absolute atomic E-state index is 0.583. The Morgan fingerprint density at radius 2 is 1.00 bits per heavy atom. The van der Waals surface area contributed by atoms with Crippen molar-refractivity contribution in [3.05, 3.63) is 38.0 Å². The Morgan fingerprint density at radius 3 is 1.00 bits per heavy atom. The molecule has 0 aliphatic heterocycles. The summed E-state index contributed by atoms with van der Waals surface area (Å²) < 4.78 is 0. The van der Waals surface area contributed by atoms with Gasteiger partial charge in [0.2, 0.25) is 0 Å². The van der Waals surface area contributed by atoms with Gasteiger partial charge < -0.3 is 5.11 Å². The van der Waals surface area contributed by atoms with Gasteiger partial charge in [-0.05, 0) is 41.5 Å². The van der Waals surface area contributed by atoms with E-state index < -0.39 is 11.4 Å². The number of rotatable bonds is 0. The van der Waals surface area contributed by atoms with Gasteiger partial charge in [0.15, 0.2) is 0 Å². The molecule has 0 unspecified atom stereocenters. The van der Waals surface area contributed by atoms with Crippen molar-refractivity contribution in [3.63, 3.8) is 0 Å². The highest BCUT2D eigenvalue weighted by molar-refractivity contribution is 5.72. The molecule has 0 aromatic heterocycles. The first-order valence-corrected chi connectivity index (χ1v) is 5.13. The van der Waals surface area contributed by atoms with E-state index in [-0.39, 0.29) is 0 Å². The van der Waals surface area contributed by atoms with Gasteiger partial charge in [-0.1, -0.05) is 18.2 Å². The van der Waals surface area contributed by atoms with Crippen molar-refractivity contribution in [2.24, 2.45) is 5.41 Å². The first-order chi connectivity index (χ1) is 7.19. The lowest BCUT2D eigenvalue weighted by molar-refractivity contribution is -0.145. The predicted molar refractivity (Wildman–Crippen MR) is 74.7 cm³/mol. The van der Waals surface area contributed by atoms with Crippen molar-refractivity contribution in [3.8, 4) is 0 Å². The van der Waals surface area contributed by atoms with Crippen LogP contribution in [0.4, 0.5) is 0 Å². The van der Waals surface area contributed by atoms with Crippen LogP contribution < -0.4 is 0 Å². The third-order valence-electron chi connectivity index (χ3n) is 0.642. The van der Waals surface area contributed by atoms with Crippen LogP contribution in [0.25, 0.3) is 0 Å². The summed E-state index contributed by atoms with van der Waals surface area (Å²) in [4.78, 5) is 10.0. The third-order valence-corrected chi connectivity index (χ3v) is 0.642. The summed E-state index contributed by atoms with van der Waals surface area (Å²) in [5.74, 6) is -0.757. The molecule has 0 aromatic rings. The fourth-order valence-electron chi connectivity index (χ4n) is 0. The molecule has 1 N–H and O–H groups in total. The van der Waals surface area contributed by atoms with Gasteiger partial charge in [-0.15, -0.1) is 19.7 Å². The number of aliphatic carboxylic acids is 1. The molecule has 0 fully saturated rings. The lowest BCUT2D eigenvalue weighted by Gasteiger charge is -2.08. The average Bonchev–Trinajstić information content (AvgIpc) is 2.06. The first-order valence-electron chi connectivity index (χ1n) is 5.13. The van der Waals surface area contributed by atoms with Gasteiger partial charge in [-0.25, -0.2) is 0 Å². The van der Waals surface area contributed by atoms with Gasteiger partial charge in [0.05, 0.1) is 5.41 Å². The number of carboxylic acid groups (broad SMARTS) is 1. The fraction of sp³-hybridized carbons (Fsp3) is 0.500. The van der Waals surface area contributed by atoms with Crippen LogP contribution in [0, 0.1) is 5.41 Å². The Kier molecular flexibility index (Phi) is 29.0. The van der Waals surface area contributed by atoms with Gasteiger partial charge in [-0.3, -0.25) is 4.79 Å². The van der Waals surface area contributed by atoms with Crippen molar-refractivity contribution >= 4 is 5.97 Å². The van der Waals surface area contributed by atoms with Crippen LogP contribution in [-0.2, 0) is 4.79 Å². The molecule has 2 heteroatoms. The maximum atomic E-state index is 10.0. The molecule has 16 heavy (non-hydrogen) atoms. The molecule has 0 rings (SSSR count). The normalized spacial score (nSPS) is 7.38. The SMILES string of the molecule is C=CC.C=CC.C=CC.CC(C)(C)C(=O)O. The van der Waals surface area contributed by atoms with Crippen LogP contribution >= 0.6 is 0 Å². The second-order valence-electron chi connectivity index (χ2n) is 3.78. The largest absolute Gasteiger partial charge is 0.481 e. The lowest BCUT2D eigenvalue weighted by Crippen LogP contribution is -2.18. The van der Waals surface area contributed by atoms with E-state index in [4.69, 9.17) is 5.11 Å². The van der Waals surface area contributed by atoms with E-state index in [1.807, 2.05) is 20.8 Å². The van der Waals surface area contributed by atoms with E-state index in [0.29, 0.717) is 0 Å². The molecular weight excluding hydrogens is 200 g/mol. The van der Waals surface area contributed by atoms with Crippen molar-refractivity contribution < 1.29 is 9.90 Å². The molecule has 0 heterocycles. The molecule has 0 aromatic carbocycles. The van der Waals surface area contributed by atoms with Crippen molar-refractivity contribution in [2.45, 2.75) is 41.5 Å². The number of carbonyl (C=O) groups is 1. The molecule has 2 nitrogen and oxygen atoms in total. The van der Waals surface area contributed by atoms with Gasteiger partial charge in [0, 0.05) is 0 Å². The summed E-state index contributed by atoms with van der Waals surface area (Å²) in [5.41, 5.74) is -0.583. The second kappa shape index (κ2) is 19.3. The van der Waals surface area contributed by atoms with E-state index in [0.717, 1.165) is 0 Å². The van der Waals surface area contributed by atoms with Crippen LogP contribution in [0.2, 0.25) is 0 Å². The van der Waals surface area contributed by atoms with Crippen molar-refractivity contribution in [1.29, 1.82) is 0 Å². The van der Waals surface area contributed by atoms with Crippen molar-refractivity contribution in [2.75, 3.05) is 0 Å². The number of hydrogen-bond donors (Lipinski definition) is 1. The Labute approximate surface area is 101 Å². The summed E-state index contributed by atoms with van der Waals surface area (Å²) >= 11 is 0. The predicted octanol–water partition coefficient (Wildman–Crippen LogP) is 4.69. The third kappa shape index (κ3) is 78.8. The zero-order valence-electron chi connectivity index (χ0n) is 11.7. The number of carboxylic acids is 1. The van der Waals surface area contributed by atoms with Crippen LogP contribution in [0.3, 0.4) is 0 Å². The molecule has 96 valence electrons. The van der Waals surface area contributed by atoms with Crippen LogP contribution in [0.15, 0.2) is 38.0 Å². The summed E-state index contributed by atoms with van der Waals surface area (Å²) in [5, 5.41) is 8.25.